The van der Waals surface area contributed by atoms with E-state index in [4.69, 9.17) is 0 Å². The highest BCUT2D eigenvalue weighted by Gasteiger charge is 2.55. The summed E-state index contributed by atoms with van der Waals surface area (Å²) in [6, 6.07) is 0. The Kier molecular flexibility index (Phi) is 3.09. The van der Waals surface area contributed by atoms with Gasteiger partial charge in [0, 0.05) is 0 Å². The minimum Gasteiger partial charge on any atom is -0.0651 e. The molecule has 0 heteroatoms. The van der Waals surface area contributed by atoms with Gasteiger partial charge in [-0.05, 0) is 35.5 Å². The summed E-state index contributed by atoms with van der Waals surface area (Å²) in [4.78, 5) is 0. The lowest BCUT2D eigenvalue weighted by molar-refractivity contribution is 0.268. The molecular weight excluding hydrogens is 156 g/mol. The van der Waals surface area contributed by atoms with E-state index in [1.165, 1.54) is 12.8 Å². The highest BCUT2D eigenvalue weighted by Crippen LogP contribution is 2.62. The van der Waals surface area contributed by atoms with E-state index >= 15 is 0 Å². The van der Waals surface area contributed by atoms with Gasteiger partial charge in [0.25, 0.3) is 0 Å². The van der Waals surface area contributed by atoms with Crippen molar-refractivity contribution in [1.29, 1.82) is 0 Å². The van der Waals surface area contributed by atoms with Gasteiger partial charge in [-0.3, -0.25) is 0 Å². The fourth-order valence-corrected chi connectivity index (χ4v) is 2.86. The van der Waals surface area contributed by atoms with E-state index in [1.54, 1.807) is 0 Å². The molecule has 1 fully saturated rings. The van der Waals surface area contributed by atoms with Crippen LogP contribution in [0.5, 0.6) is 0 Å². The third-order valence-corrected chi connectivity index (χ3v) is 4.89. The monoisotopic (exact) mass is 182 g/mol. The molecule has 0 bridgehead atoms. The van der Waals surface area contributed by atoms with Crippen molar-refractivity contribution >= 4 is 0 Å². The second-order valence-corrected chi connectivity index (χ2v) is 5.70. The van der Waals surface area contributed by atoms with Crippen molar-refractivity contribution in [3.05, 3.63) is 0 Å². The molecule has 0 aromatic rings. The number of rotatable bonds is 4. The molecular formula is C13H26. The first-order valence-electron chi connectivity index (χ1n) is 5.93. The molecule has 0 N–H and O–H groups in total. The van der Waals surface area contributed by atoms with Crippen molar-refractivity contribution in [2.24, 2.45) is 29.1 Å². The third kappa shape index (κ3) is 1.92. The minimum atomic E-state index is 0.672. The molecule has 0 radical (unpaired) electrons. The summed E-state index contributed by atoms with van der Waals surface area (Å²) in [6.45, 7) is 14.4. The van der Waals surface area contributed by atoms with Gasteiger partial charge in [0.1, 0.15) is 0 Å². The molecule has 0 saturated heterocycles. The normalized spacial score (nSPS) is 40.8. The Morgan fingerprint density at radius 2 is 1.62 bits per heavy atom. The maximum Gasteiger partial charge on any atom is -0.0266 e. The van der Waals surface area contributed by atoms with Crippen LogP contribution in [0.2, 0.25) is 0 Å². The molecule has 0 aromatic heterocycles. The van der Waals surface area contributed by atoms with Crippen LogP contribution < -0.4 is 0 Å². The van der Waals surface area contributed by atoms with Crippen LogP contribution in [0.1, 0.15) is 54.4 Å². The average molecular weight is 182 g/mol. The van der Waals surface area contributed by atoms with Gasteiger partial charge in [-0.25, -0.2) is 0 Å². The summed E-state index contributed by atoms with van der Waals surface area (Å²) in [7, 11) is 0. The van der Waals surface area contributed by atoms with Crippen LogP contribution in [0.3, 0.4) is 0 Å². The SMILES string of the molecule is CCC(CC1(C)C(C)C1C)C(C)C. The van der Waals surface area contributed by atoms with E-state index < -0.39 is 0 Å². The van der Waals surface area contributed by atoms with Crippen LogP contribution >= 0.6 is 0 Å². The molecule has 0 amide bonds. The van der Waals surface area contributed by atoms with Gasteiger partial charge < -0.3 is 0 Å². The first-order valence-corrected chi connectivity index (χ1v) is 5.93. The predicted octanol–water partition coefficient (Wildman–Crippen LogP) is 4.35. The second-order valence-electron chi connectivity index (χ2n) is 5.70. The quantitative estimate of drug-likeness (QED) is 0.606. The molecule has 13 heavy (non-hydrogen) atoms. The lowest BCUT2D eigenvalue weighted by atomic mass is 9.82. The highest BCUT2D eigenvalue weighted by molar-refractivity contribution is 5.03. The third-order valence-electron chi connectivity index (χ3n) is 4.89. The molecule has 0 heterocycles. The molecule has 0 nitrogen and oxygen atoms in total. The molecule has 3 unspecified atom stereocenters. The van der Waals surface area contributed by atoms with Crippen molar-refractivity contribution in [2.45, 2.75) is 54.4 Å². The molecule has 3 atom stereocenters. The largest absolute Gasteiger partial charge is 0.0651 e. The Bertz CT molecular complexity index is 161. The Labute approximate surface area is 84.1 Å². The second kappa shape index (κ2) is 3.63. The topological polar surface area (TPSA) is 0 Å². The number of hydrogen-bond donors (Lipinski definition) is 0. The van der Waals surface area contributed by atoms with Crippen LogP contribution in [0.4, 0.5) is 0 Å². The van der Waals surface area contributed by atoms with E-state index in [0.717, 1.165) is 23.7 Å². The van der Waals surface area contributed by atoms with Crippen molar-refractivity contribution in [3.8, 4) is 0 Å². The first kappa shape index (κ1) is 11.1. The molecule has 1 aliphatic carbocycles. The summed E-state index contributed by atoms with van der Waals surface area (Å²) < 4.78 is 0. The highest BCUT2D eigenvalue weighted by atomic mass is 14.6. The van der Waals surface area contributed by atoms with E-state index in [0.29, 0.717) is 5.41 Å². The molecule has 1 aliphatic rings. The van der Waals surface area contributed by atoms with Crippen LogP contribution in [-0.2, 0) is 0 Å². The molecule has 78 valence electrons. The zero-order valence-electron chi connectivity index (χ0n) is 10.2. The summed E-state index contributed by atoms with van der Waals surface area (Å²) >= 11 is 0. The molecule has 0 aromatic carbocycles. The summed E-state index contributed by atoms with van der Waals surface area (Å²) in [5.74, 6) is 3.72. The molecule has 0 aliphatic heterocycles. The van der Waals surface area contributed by atoms with Crippen molar-refractivity contribution in [2.75, 3.05) is 0 Å². The maximum absolute atomic E-state index is 2.48. The van der Waals surface area contributed by atoms with Gasteiger partial charge in [0.05, 0.1) is 0 Å². The van der Waals surface area contributed by atoms with Crippen molar-refractivity contribution in [1.82, 2.24) is 0 Å². The Hall–Kier alpha value is 0. The fourth-order valence-electron chi connectivity index (χ4n) is 2.86. The van der Waals surface area contributed by atoms with E-state index in [-0.39, 0.29) is 0 Å². The molecule has 1 saturated carbocycles. The Balaban J connectivity index is 2.48. The average Bonchev–Trinajstić information content (AvgIpc) is 2.53. The maximum atomic E-state index is 2.48. The van der Waals surface area contributed by atoms with Crippen LogP contribution in [-0.4, -0.2) is 0 Å². The van der Waals surface area contributed by atoms with Crippen molar-refractivity contribution < 1.29 is 0 Å². The van der Waals surface area contributed by atoms with E-state index in [2.05, 4.69) is 41.5 Å². The zero-order valence-corrected chi connectivity index (χ0v) is 10.2. The lowest BCUT2D eigenvalue weighted by Gasteiger charge is -2.23. The predicted molar refractivity (Wildman–Crippen MR) is 59.7 cm³/mol. The van der Waals surface area contributed by atoms with Gasteiger partial charge in [0.15, 0.2) is 0 Å². The fraction of sp³-hybridized carbons (Fsp3) is 1.00. The summed E-state index contributed by atoms with van der Waals surface area (Å²) in [5, 5.41) is 0. The van der Waals surface area contributed by atoms with Gasteiger partial charge in [-0.1, -0.05) is 48.0 Å². The Morgan fingerprint density at radius 3 is 1.85 bits per heavy atom. The van der Waals surface area contributed by atoms with Gasteiger partial charge >= 0.3 is 0 Å². The van der Waals surface area contributed by atoms with Gasteiger partial charge in [-0.15, -0.1) is 0 Å². The van der Waals surface area contributed by atoms with E-state index in [1.807, 2.05) is 0 Å². The standard InChI is InChI=1S/C13H26/c1-7-12(9(2)3)8-13(6)10(4)11(13)5/h9-12H,7-8H2,1-6H3. The summed E-state index contributed by atoms with van der Waals surface area (Å²) in [6.07, 6.45) is 2.80. The number of hydrogen-bond acceptors (Lipinski definition) is 0. The van der Waals surface area contributed by atoms with Crippen molar-refractivity contribution in [3.63, 3.8) is 0 Å². The van der Waals surface area contributed by atoms with Gasteiger partial charge in [0.2, 0.25) is 0 Å². The van der Waals surface area contributed by atoms with Crippen LogP contribution in [0.25, 0.3) is 0 Å². The Morgan fingerprint density at radius 1 is 1.15 bits per heavy atom. The smallest absolute Gasteiger partial charge is 0.0266 e. The minimum absolute atomic E-state index is 0.672. The first-order chi connectivity index (χ1) is 5.93. The van der Waals surface area contributed by atoms with Gasteiger partial charge in [-0.2, -0.15) is 0 Å². The molecule has 1 rings (SSSR count). The summed E-state index contributed by atoms with van der Waals surface area (Å²) in [5.41, 5.74) is 0.672. The zero-order chi connectivity index (χ0) is 10.2. The van der Waals surface area contributed by atoms with Crippen LogP contribution in [0.15, 0.2) is 0 Å². The van der Waals surface area contributed by atoms with Crippen LogP contribution in [0, 0.1) is 29.1 Å². The molecule has 0 spiro atoms. The van der Waals surface area contributed by atoms with E-state index in [9.17, 15) is 0 Å². The lowest BCUT2D eigenvalue weighted by Crippen LogP contribution is -2.14.